The van der Waals surface area contributed by atoms with Crippen LogP contribution < -0.4 is 10.1 Å². The lowest BCUT2D eigenvalue weighted by Gasteiger charge is -2.15. The number of nitrogens with one attached hydrogen (secondary N) is 1. The van der Waals surface area contributed by atoms with Crippen LogP contribution in [0.4, 0.5) is 11.5 Å². The van der Waals surface area contributed by atoms with Crippen LogP contribution in [0, 0.1) is 6.92 Å². The molecule has 5 rings (SSSR count). The standard InChI is InChI=1S/C27H22N4O2S/c1-18-5-2-3-6-19(18)16-33-21-10-13-25(34-22-11-8-20(32)9-12-22)24(15-21)31-27-23-7-4-14-28-26(23)29-17-30-27/h2-15,17,32H,16H2,1H3,(H,28,29,30,31). The number of aromatic hydroxyl groups is 1. The number of rotatable bonds is 7. The zero-order valence-electron chi connectivity index (χ0n) is 18.5. The van der Waals surface area contributed by atoms with Crippen molar-refractivity contribution in [3.63, 3.8) is 0 Å². The van der Waals surface area contributed by atoms with Gasteiger partial charge in [0, 0.05) is 22.1 Å². The SMILES string of the molecule is Cc1ccccc1COc1ccc(Sc2ccc(O)cc2)c(Nc2ncnc3ncccc23)c1. The molecule has 0 radical (unpaired) electrons. The summed E-state index contributed by atoms with van der Waals surface area (Å²) in [5.74, 6) is 1.65. The molecule has 0 amide bonds. The lowest BCUT2D eigenvalue weighted by Crippen LogP contribution is -2.01. The smallest absolute Gasteiger partial charge is 0.164 e. The summed E-state index contributed by atoms with van der Waals surface area (Å²) in [6.07, 6.45) is 3.22. The summed E-state index contributed by atoms with van der Waals surface area (Å²) in [4.78, 5) is 15.0. The summed E-state index contributed by atoms with van der Waals surface area (Å²) >= 11 is 1.58. The van der Waals surface area contributed by atoms with Gasteiger partial charge in [0.2, 0.25) is 0 Å². The van der Waals surface area contributed by atoms with Crippen molar-refractivity contribution in [3.05, 3.63) is 103 Å². The first kappa shape index (κ1) is 21.7. The van der Waals surface area contributed by atoms with Crippen molar-refractivity contribution < 1.29 is 9.84 Å². The third kappa shape index (κ3) is 4.94. The Morgan fingerprint density at radius 1 is 0.912 bits per heavy atom. The number of hydrogen-bond acceptors (Lipinski definition) is 7. The number of benzene rings is 3. The Labute approximate surface area is 201 Å². The summed E-state index contributed by atoms with van der Waals surface area (Å²) in [7, 11) is 0. The van der Waals surface area contributed by atoms with E-state index in [0.717, 1.165) is 32.2 Å². The number of ether oxygens (including phenoxy) is 1. The molecule has 0 aliphatic carbocycles. The fourth-order valence-electron chi connectivity index (χ4n) is 3.48. The van der Waals surface area contributed by atoms with Crippen LogP contribution in [0.15, 0.2) is 101 Å². The molecule has 0 fully saturated rings. The normalized spacial score (nSPS) is 10.9. The van der Waals surface area contributed by atoms with E-state index < -0.39 is 0 Å². The first-order valence-corrected chi connectivity index (χ1v) is 11.6. The largest absolute Gasteiger partial charge is 0.508 e. The van der Waals surface area contributed by atoms with Crippen LogP contribution in [0.3, 0.4) is 0 Å². The van der Waals surface area contributed by atoms with Gasteiger partial charge in [0.05, 0.1) is 11.1 Å². The minimum Gasteiger partial charge on any atom is -0.508 e. The Bertz CT molecular complexity index is 1440. The second-order valence-corrected chi connectivity index (χ2v) is 8.81. The zero-order chi connectivity index (χ0) is 23.3. The van der Waals surface area contributed by atoms with Crippen molar-refractivity contribution in [2.45, 2.75) is 23.3 Å². The summed E-state index contributed by atoms with van der Waals surface area (Å²) in [5.41, 5.74) is 3.82. The van der Waals surface area contributed by atoms with Crippen LogP contribution in [0.1, 0.15) is 11.1 Å². The molecule has 0 bridgehead atoms. The van der Waals surface area contributed by atoms with Crippen LogP contribution in [-0.2, 0) is 6.61 Å². The van der Waals surface area contributed by atoms with Crippen molar-refractivity contribution >= 4 is 34.3 Å². The van der Waals surface area contributed by atoms with E-state index in [4.69, 9.17) is 4.74 Å². The van der Waals surface area contributed by atoms with Gasteiger partial charge in [0.15, 0.2) is 5.65 Å². The number of anilines is 2. The van der Waals surface area contributed by atoms with E-state index in [1.165, 1.54) is 11.9 Å². The molecule has 0 aliphatic heterocycles. The van der Waals surface area contributed by atoms with Gasteiger partial charge in [-0.2, -0.15) is 0 Å². The molecule has 2 heterocycles. The second kappa shape index (κ2) is 9.80. The average molecular weight is 467 g/mol. The first-order valence-electron chi connectivity index (χ1n) is 10.8. The number of aromatic nitrogens is 3. The number of aryl methyl sites for hydroxylation is 1. The van der Waals surface area contributed by atoms with E-state index in [0.29, 0.717) is 18.1 Å². The highest BCUT2D eigenvalue weighted by atomic mass is 32.2. The molecule has 0 atom stereocenters. The van der Waals surface area contributed by atoms with Crippen molar-refractivity contribution in [2.75, 3.05) is 5.32 Å². The Morgan fingerprint density at radius 2 is 1.76 bits per heavy atom. The average Bonchev–Trinajstić information content (AvgIpc) is 2.86. The predicted molar refractivity (Wildman–Crippen MR) is 135 cm³/mol. The van der Waals surface area contributed by atoms with Crippen LogP contribution in [0.2, 0.25) is 0 Å². The molecular weight excluding hydrogens is 444 g/mol. The molecule has 2 N–H and O–H groups in total. The lowest BCUT2D eigenvalue weighted by atomic mass is 10.1. The van der Waals surface area contributed by atoms with Crippen LogP contribution >= 0.6 is 11.8 Å². The molecular formula is C27H22N4O2S. The van der Waals surface area contributed by atoms with Gasteiger partial charge in [-0.25, -0.2) is 15.0 Å². The minimum absolute atomic E-state index is 0.239. The number of hydrogen-bond donors (Lipinski definition) is 2. The molecule has 0 saturated carbocycles. The van der Waals surface area contributed by atoms with Crippen molar-refractivity contribution in [1.29, 1.82) is 0 Å². The van der Waals surface area contributed by atoms with Gasteiger partial charge in [0.1, 0.15) is 30.3 Å². The molecule has 2 aromatic heterocycles. The van der Waals surface area contributed by atoms with Crippen molar-refractivity contribution in [2.24, 2.45) is 0 Å². The minimum atomic E-state index is 0.239. The molecule has 0 saturated heterocycles. The molecule has 6 nitrogen and oxygen atoms in total. The fourth-order valence-corrected chi connectivity index (χ4v) is 4.36. The van der Waals surface area contributed by atoms with Gasteiger partial charge >= 0.3 is 0 Å². The van der Waals surface area contributed by atoms with Gasteiger partial charge in [-0.3, -0.25) is 0 Å². The van der Waals surface area contributed by atoms with Gasteiger partial charge in [0.25, 0.3) is 0 Å². The van der Waals surface area contributed by atoms with Crippen molar-refractivity contribution in [3.8, 4) is 11.5 Å². The molecule has 0 spiro atoms. The second-order valence-electron chi connectivity index (χ2n) is 7.69. The fraction of sp³-hybridized carbons (Fsp3) is 0.0741. The molecule has 34 heavy (non-hydrogen) atoms. The van der Waals surface area contributed by atoms with Crippen molar-refractivity contribution in [1.82, 2.24) is 15.0 Å². The van der Waals surface area contributed by atoms with Crippen LogP contribution in [0.5, 0.6) is 11.5 Å². The number of pyridine rings is 1. The van der Waals surface area contributed by atoms with Gasteiger partial charge in [-0.1, -0.05) is 36.0 Å². The maximum atomic E-state index is 9.62. The predicted octanol–water partition coefficient (Wildman–Crippen LogP) is 6.51. The lowest BCUT2D eigenvalue weighted by molar-refractivity contribution is 0.305. The van der Waals surface area contributed by atoms with E-state index >= 15 is 0 Å². The van der Waals surface area contributed by atoms with Crippen LogP contribution in [-0.4, -0.2) is 20.1 Å². The zero-order valence-corrected chi connectivity index (χ0v) is 19.3. The number of fused-ring (bicyclic) bond motifs is 1. The highest BCUT2D eigenvalue weighted by Gasteiger charge is 2.11. The van der Waals surface area contributed by atoms with E-state index in [1.54, 1.807) is 30.1 Å². The van der Waals surface area contributed by atoms with Gasteiger partial charge in [-0.05, 0) is 66.6 Å². The summed E-state index contributed by atoms with van der Waals surface area (Å²) in [6.45, 7) is 2.56. The Kier molecular flexibility index (Phi) is 6.27. The van der Waals surface area contributed by atoms with E-state index in [1.807, 2.05) is 54.6 Å². The monoisotopic (exact) mass is 466 g/mol. The van der Waals surface area contributed by atoms with Crippen LogP contribution in [0.25, 0.3) is 11.0 Å². The first-order chi connectivity index (χ1) is 16.7. The Balaban J connectivity index is 1.48. The maximum Gasteiger partial charge on any atom is 0.164 e. The number of phenolic OH excluding ortho intramolecular Hbond substituents is 1. The number of phenols is 1. The molecule has 168 valence electrons. The van der Waals surface area contributed by atoms with Gasteiger partial charge < -0.3 is 15.2 Å². The third-order valence-electron chi connectivity index (χ3n) is 5.33. The topological polar surface area (TPSA) is 80.2 Å². The Hall–Kier alpha value is -4.10. The molecule has 7 heteroatoms. The molecule has 0 unspecified atom stereocenters. The highest BCUT2D eigenvalue weighted by Crippen LogP contribution is 2.38. The van der Waals surface area contributed by atoms with E-state index in [-0.39, 0.29) is 5.75 Å². The highest BCUT2D eigenvalue weighted by molar-refractivity contribution is 7.99. The number of nitrogens with zero attached hydrogens (tertiary/aromatic N) is 3. The molecule has 0 aliphatic rings. The van der Waals surface area contributed by atoms with E-state index in [2.05, 4.69) is 39.3 Å². The molecule has 5 aromatic rings. The summed E-state index contributed by atoms with van der Waals surface area (Å²) < 4.78 is 6.13. The van der Waals surface area contributed by atoms with E-state index in [9.17, 15) is 5.11 Å². The molecule has 3 aromatic carbocycles. The Morgan fingerprint density at radius 3 is 2.62 bits per heavy atom. The van der Waals surface area contributed by atoms with Gasteiger partial charge in [-0.15, -0.1) is 0 Å². The maximum absolute atomic E-state index is 9.62. The summed E-state index contributed by atoms with van der Waals surface area (Å²) in [6, 6.07) is 25.1. The summed E-state index contributed by atoms with van der Waals surface area (Å²) in [5, 5.41) is 13.9. The quantitative estimate of drug-likeness (QED) is 0.283. The third-order valence-corrected chi connectivity index (χ3v) is 6.42.